The predicted octanol–water partition coefficient (Wildman–Crippen LogP) is 2.57. The van der Waals surface area contributed by atoms with Gasteiger partial charge in [-0.25, -0.2) is 0 Å². The van der Waals surface area contributed by atoms with Gasteiger partial charge in [-0.15, -0.1) is 0 Å². The van der Waals surface area contributed by atoms with Gasteiger partial charge < -0.3 is 10.3 Å². The number of hydrogen-bond donors (Lipinski definition) is 2. The van der Waals surface area contributed by atoms with E-state index >= 15 is 0 Å². The third kappa shape index (κ3) is 2.13. The molecule has 1 aliphatic heterocycles. The molecule has 0 bridgehead atoms. The average molecular weight is 317 g/mol. The van der Waals surface area contributed by atoms with E-state index in [2.05, 4.69) is 15.3 Å². The van der Waals surface area contributed by atoms with Crippen LogP contribution >= 0.6 is 0 Å². The summed E-state index contributed by atoms with van der Waals surface area (Å²) < 4.78 is 0. The van der Waals surface area contributed by atoms with Crippen molar-refractivity contribution in [3.8, 4) is 11.3 Å². The lowest BCUT2D eigenvalue weighted by Crippen LogP contribution is -2.38. The summed E-state index contributed by atoms with van der Waals surface area (Å²) in [5.74, 6) is -0.300. The highest BCUT2D eigenvalue weighted by atomic mass is 16.2. The Morgan fingerprint density at radius 2 is 1.75 bits per heavy atom. The lowest BCUT2D eigenvalue weighted by Gasteiger charge is -2.17. The summed E-state index contributed by atoms with van der Waals surface area (Å²) in [5, 5.41) is 4.77. The topological polar surface area (TPSA) is 74.3 Å². The molecule has 1 amide bonds. The third-order valence-corrected chi connectivity index (χ3v) is 4.45. The Kier molecular flexibility index (Phi) is 3.09. The maximum Gasteiger partial charge on any atom is 0.257 e. The fourth-order valence-corrected chi connectivity index (χ4v) is 2.99. The first kappa shape index (κ1) is 14.4. The summed E-state index contributed by atoms with van der Waals surface area (Å²) in [6, 6.07) is 17.6. The van der Waals surface area contributed by atoms with Crippen LogP contribution in [0, 0.1) is 0 Å². The molecule has 24 heavy (non-hydrogen) atoms. The molecule has 0 radical (unpaired) electrons. The normalized spacial score (nSPS) is 19.6. The molecule has 2 heterocycles. The van der Waals surface area contributed by atoms with Crippen LogP contribution < -0.4 is 10.9 Å². The molecule has 0 aliphatic carbocycles. The number of pyridine rings is 1. The van der Waals surface area contributed by atoms with Crippen molar-refractivity contribution in [3.63, 3.8) is 0 Å². The van der Waals surface area contributed by atoms with Gasteiger partial charge in [0, 0.05) is 5.69 Å². The van der Waals surface area contributed by atoms with Crippen LogP contribution in [0.4, 0.5) is 0 Å². The Morgan fingerprint density at radius 3 is 2.46 bits per heavy atom. The summed E-state index contributed by atoms with van der Waals surface area (Å²) in [6.45, 7) is 1.63. The highest BCUT2D eigenvalue weighted by Gasteiger charge is 2.39. The first-order valence-corrected chi connectivity index (χ1v) is 7.65. The summed E-state index contributed by atoms with van der Waals surface area (Å²) in [5.41, 5.74) is 0.480. The van der Waals surface area contributed by atoms with E-state index in [9.17, 15) is 9.59 Å². The highest BCUT2D eigenvalue weighted by molar-refractivity contribution is 6.00. The van der Waals surface area contributed by atoms with E-state index < -0.39 is 5.54 Å². The standard InChI is InChI=1S/C19H15N3O2/c1-19(18(24)20-11-21-19)15-8-9-16(22-17(15)23)14-7-6-12-4-2-3-5-13(12)10-14/h2-11H,1H3,(H,22,23)(H,20,21,24). The highest BCUT2D eigenvalue weighted by Crippen LogP contribution is 2.27. The second-order valence-electron chi connectivity index (χ2n) is 5.98. The van der Waals surface area contributed by atoms with Crippen LogP contribution in [0.1, 0.15) is 12.5 Å². The van der Waals surface area contributed by atoms with Gasteiger partial charge in [-0.3, -0.25) is 14.6 Å². The van der Waals surface area contributed by atoms with Crippen LogP contribution in [0.2, 0.25) is 0 Å². The third-order valence-electron chi connectivity index (χ3n) is 4.45. The molecule has 0 fully saturated rings. The molecule has 0 saturated heterocycles. The smallest absolute Gasteiger partial charge is 0.257 e. The minimum absolute atomic E-state index is 0.300. The molecule has 2 N–H and O–H groups in total. The monoisotopic (exact) mass is 317 g/mol. The number of rotatable bonds is 2. The molecule has 1 atom stereocenters. The average Bonchev–Trinajstić information content (AvgIpc) is 2.94. The van der Waals surface area contributed by atoms with E-state index in [1.807, 2.05) is 48.5 Å². The Balaban J connectivity index is 1.80. The van der Waals surface area contributed by atoms with Crippen LogP contribution in [-0.2, 0) is 10.3 Å². The van der Waals surface area contributed by atoms with E-state index in [4.69, 9.17) is 0 Å². The number of benzene rings is 2. The summed E-state index contributed by atoms with van der Waals surface area (Å²) in [7, 11) is 0. The van der Waals surface area contributed by atoms with Crippen molar-refractivity contribution in [3.05, 3.63) is 70.5 Å². The molecular formula is C19H15N3O2. The number of carbonyl (C=O) groups is 1. The van der Waals surface area contributed by atoms with Gasteiger partial charge in [-0.2, -0.15) is 0 Å². The Morgan fingerprint density at radius 1 is 0.958 bits per heavy atom. The summed E-state index contributed by atoms with van der Waals surface area (Å²) in [4.78, 5) is 31.5. The number of H-pyrrole nitrogens is 1. The quantitative estimate of drug-likeness (QED) is 0.762. The lowest BCUT2D eigenvalue weighted by atomic mass is 9.93. The molecule has 5 heteroatoms. The molecule has 4 rings (SSSR count). The molecule has 1 unspecified atom stereocenters. The molecule has 1 aliphatic rings. The number of nitrogens with one attached hydrogen (secondary N) is 2. The zero-order chi connectivity index (χ0) is 16.7. The number of amides is 1. The number of fused-ring (bicyclic) bond motifs is 1. The molecule has 2 aromatic carbocycles. The first-order chi connectivity index (χ1) is 11.6. The van der Waals surface area contributed by atoms with E-state index in [1.165, 1.54) is 6.34 Å². The zero-order valence-electron chi connectivity index (χ0n) is 13.0. The zero-order valence-corrected chi connectivity index (χ0v) is 13.0. The van der Waals surface area contributed by atoms with Crippen molar-refractivity contribution in [1.82, 2.24) is 10.3 Å². The number of nitrogens with zero attached hydrogens (tertiary/aromatic N) is 1. The number of aromatic nitrogens is 1. The van der Waals surface area contributed by atoms with Crippen LogP contribution in [0.25, 0.3) is 22.0 Å². The number of hydrogen-bond acceptors (Lipinski definition) is 3. The Bertz CT molecular complexity index is 1050. The van der Waals surface area contributed by atoms with Gasteiger partial charge in [0.1, 0.15) is 0 Å². The van der Waals surface area contributed by atoms with Gasteiger partial charge in [-0.1, -0.05) is 36.4 Å². The molecule has 3 aromatic rings. The minimum atomic E-state index is -1.17. The van der Waals surface area contributed by atoms with Gasteiger partial charge in [0.05, 0.1) is 11.9 Å². The maximum absolute atomic E-state index is 12.5. The van der Waals surface area contributed by atoms with Crippen molar-refractivity contribution < 1.29 is 4.79 Å². The second-order valence-corrected chi connectivity index (χ2v) is 5.98. The van der Waals surface area contributed by atoms with Crippen molar-refractivity contribution in [1.29, 1.82) is 0 Å². The van der Waals surface area contributed by atoms with Crippen molar-refractivity contribution >= 4 is 23.0 Å². The van der Waals surface area contributed by atoms with Crippen molar-refractivity contribution in [2.75, 3.05) is 0 Å². The molecular weight excluding hydrogens is 302 g/mol. The Hall–Kier alpha value is -3.21. The largest absolute Gasteiger partial charge is 0.322 e. The van der Waals surface area contributed by atoms with E-state index in [1.54, 1.807) is 13.0 Å². The van der Waals surface area contributed by atoms with Crippen LogP contribution in [0.15, 0.2) is 64.4 Å². The van der Waals surface area contributed by atoms with E-state index in [-0.39, 0.29) is 11.5 Å². The van der Waals surface area contributed by atoms with E-state index in [0.717, 1.165) is 16.3 Å². The van der Waals surface area contributed by atoms with Gasteiger partial charge >= 0.3 is 0 Å². The van der Waals surface area contributed by atoms with Crippen LogP contribution in [-0.4, -0.2) is 17.2 Å². The van der Waals surface area contributed by atoms with Gasteiger partial charge in [-0.05, 0) is 41.5 Å². The van der Waals surface area contributed by atoms with Gasteiger partial charge in [0.2, 0.25) is 0 Å². The molecule has 0 saturated carbocycles. The van der Waals surface area contributed by atoms with Gasteiger partial charge in [0.15, 0.2) is 5.54 Å². The van der Waals surface area contributed by atoms with Crippen molar-refractivity contribution in [2.24, 2.45) is 4.99 Å². The molecule has 1 aromatic heterocycles. The number of carbonyl (C=O) groups excluding carboxylic acids is 1. The van der Waals surface area contributed by atoms with Crippen LogP contribution in [0.5, 0.6) is 0 Å². The summed E-state index contributed by atoms with van der Waals surface area (Å²) in [6.07, 6.45) is 1.33. The molecule has 5 nitrogen and oxygen atoms in total. The predicted molar refractivity (Wildman–Crippen MR) is 94.0 cm³/mol. The minimum Gasteiger partial charge on any atom is -0.322 e. The number of aliphatic imine (C=N–C) groups is 1. The SMILES string of the molecule is CC1(c2ccc(-c3ccc4ccccc4c3)[nH]c2=O)N=CNC1=O. The lowest BCUT2D eigenvalue weighted by molar-refractivity contribution is -0.123. The fourth-order valence-electron chi connectivity index (χ4n) is 2.99. The first-order valence-electron chi connectivity index (χ1n) is 7.65. The van der Waals surface area contributed by atoms with Crippen LogP contribution in [0.3, 0.4) is 0 Å². The van der Waals surface area contributed by atoms with Crippen molar-refractivity contribution in [2.45, 2.75) is 12.5 Å². The summed E-state index contributed by atoms with van der Waals surface area (Å²) >= 11 is 0. The maximum atomic E-state index is 12.5. The second kappa shape index (κ2) is 5.16. The Labute approximate surface area is 138 Å². The molecule has 118 valence electrons. The fraction of sp³-hybridized carbons (Fsp3) is 0.105. The molecule has 0 spiro atoms. The van der Waals surface area contributed by atoms with E-state index in [0.29, 0.717) is 11.3 Å². The number of aromatic amines is 1. The van der Waals surface area contributed by atoms with Gasteiger partial charge in [0.25, 0.3) is 11.5 Å².